The van der Waals surface area contributed by atoms with E-state index in [2.05, 4.69) is 19.2 Å². The highest BCUT2D eigenvalue weighted by atomic mass is 32.3. The molecule has 4 atom stereocenters. The number of nitrogens with one attached hydrogen (secondary N) is 1. The molecule has 1 aromatic rings. The van der Waals surface area contributed by atoms with Crippen molar-refractivity contribution < 1.29 is 13.6 Å². The van der Waals surface area contributed by atoms with Crippen molar-refractivity contribution in [2.75, 3.05) is 13.1 Å². The molecule has 0 aromatic heterocycles. The number of carbonyl (C=O) groups is 1. The van der Waals surface area contributed by atoms with Gasteiger partial charge in [-0.05, 0) is 59.6 Å². The smallest absolute Gasteiger partial charge is 0.326 e. The molecule has 4 N–H and O–H groups in total. The Morgan fingerprint density at radius 3 is 2.52 bits per heavy atom. The topological polar surface area (TPSA) is 95.7 Å². The van der Waals surface area contributed by atoms with Crippen LogP contribution in [0.25, 0.3) is 0 Å². The molecule has 2 aliphatic carbocycles. The Labute approximate surface area is 187 Å². The molecule has 2 saturated carbocycles. The molecule has 31 heavy (non-hydrogen) atoms. The van der Waals surface area contributed by atoms with Gasteiger partial charge in [-0.25, -0.2) is 0 Å². The summed E-state index contributed by atoms with van der Waals surface area (Å²) < 4.78 is 26.4. The van der Waals surface area contributed by atoms with Gasteiger partial charge in [0.1, 0.15) is 0 Å². The maximum absolute atomic E-state index is 13.6. The van der Waals surface area contributed by atoms with Gasteiger partial charge < -0.3 is 11.1 Å². The molecular formula is C24H38N3O3S+. The average Bonchev–Trinajstić information content (AvgIpc) is 3.22. The monoisotopic (exact) mass is 448 g/mol. The molecule has 2 unspecified atom stereocenters. The van der Waals surface area contributed by atoms with Crippen LogP contribution in [0.15, 0.2) is 23.1 Å². The third-order valence-electron chi connectivity index (χ3n) is 8.08. The fourth-order valence-electron chi connectivity index (χ4n) is 6.16. The molecular weight excluding hydrogens is 410 g/mol. The van der Waals surface area contributed by atoms with Gasteiger partial charge in [-0.1, -0.05) is 44.5 Å². The van der Waals surface area contributed by atoms with Crippen molar-refractivity contribution in [2.45, 2.75) is 88.6 Å². The van der Waals surface area contributed by atoms with Crippen LogP contribution in [0, 0.1) is 11.3 Å². The zero-order valence-electron chi connectivity index (χ0n) is 19.3. The molecule has 7 heteroatoms. The fraction of sp³-hybridized carbons (Fsp3) is 0.708. The zero-order valence-corrected chi connectivity index (χ0v) is 20.1. The Hall–Kier alpha value is -1.28. The van der Waals surface area contributed by atoms with Gasteiger partial charge in [0.2, 0.25) is 4.90 Å². The Kier molecular flexibility index (Phi) is 5.86. The van der Waals surface area contributed by atoms with Gasteiger partial charge in [0.05, 0.1) is 6.04 Å². The van der Waals surface area contributed by atoms with E-state index in [9.17, 15) is 13.6 Å². The maximum atomic E-state index is 13.6. The van der Waals surface area contributed by atoms with Crippen LogP contribution in [0.5, 0.6) is 0 Å². The molecule has 1 heterocycles. The summed E-state index contributed by atoms with van der Waals surface area (Å²) in [6, 6.07) is 5.17. The van der Waals surface area contributed by atoms with Crippen LogP contribution in [-0.4, -0.2) is 39.4 Å². The van der Waals surface area contributed by atoms with Gasteiger partial charge in [-0.15, -0.1) is 0 Å². The minimum absolute atomic E-state index is 0.0539. The van der Waals surface area contributed by atoms with Crippen molar-refractivity contribution in [2.24, 2.45) is 17.1 Å². The van der Waals surface area contributed by atoms with Crippen LogP contribution in [0.2, 0.25) is 0 Å². The van der Waals surface area contributed by atoms with E-state index in [1.165, 1.54) is 0 Å². The molecule has 1 aliphatic heterocycles. The summed E-state index contributed by atoms with van der Waals surface area (Å²) >= 11 is 0. The first-order valence-corrected chi connectivity index (χ1v) is 13.2. The molecule has 4 rings (SSSR count). The van der Waals surface area contributed by atoms with Crippen LogP contribution >= 0.6 is 0 Å². The van der Waals surface area contributed by atoms with Crippen LogP contribution in [0.3, 0.4) is 0 Å². The Balaban J connectivity index is 1.64. The van der Waals surface area contributed by atoms with Crippen molar-refractivity contribution in [3.05, 3.63) is 29.3 Å². The second-order valence-corrected chi connectivity index (χ2v) is 12.7. The van der Waals surface area contributed by atoms with Crippen molar-refractivity contribution in [3.8, 4) is 0 Å². The summed E-state index contributed by atoms with van der Waals surface area (Å²) in [6.07, 6.45) is 5.93. The number of carbonyl (C=O) groups excluding carboxylic acids is 1. The third kappa shape index (κ3) is 3.88. The summed E-state index contributed by atoms with van der Waals surface area (Å²) in [6.45, 7) is 9.63. The van der Waals surface area contributed by atoms with E-state index < -0.39 is 10.4 Å². The van der Waals surface area contributed by atoms with Crippen LogP contribution in [0.4, 0.5) is 0 Å². The number of amides is 1. The van der Waals surface area contributed by atoms with Crippen molar-refractivity contribution in [3.63, 3.8) is 0 Å². The number of fused-ring (bicyclic) bond motifs is 2. The third-order valence-corrected chi connectivity index (χ3v) is 10.1. The van der Waals surface area contributed by atoms with E-state index in [0.29, 0.717) is 29.5 Å². The second-order valence-electron chi connectivity index (χ2n) is 10.8. The van der Waals surface area contributed by atoms with E-state index in [0.717, 1.165) is 44.1 Å². The van der Waals surface area contributed by atoms with Gasteiger partial charge in [0.15, 0.2) is 0 Å². The maximum Gasteiger partial charge on any atom is 0.326 e. The lowest BCUT2D eigenvalue weighted by atomic mass is 9.71. The molecule has 3 fully saturated rings. The number of nitrogens with two attached hydrogens (primary N) is 1. The van der Waals surface area contributed by atoms with Gasteiger partial charge in [-0.3, -0.25) is 4.79 Å². The number of piperidine rings is 1. The lowest BCUT2D eigenvalue weighted by Crippen LogP contribution is -2.60. The molecule has 1 aromatic carbocycles. The Bertz CT molecular complexity index is 905. The molecule has 3 aliphatic rings. The zero-order chi connectivity index (χ0) is 22.6. The SMILES string of the molecule is CC(C)c1ccc(C(=O)NC2C(C)(C)[C@@H]3CC[C@@]2(N)C3)cc1[S+](=O)(O)N1CCCCC1. The van der Waals surface area contributed by atoms with E-state index in [4.69, 9.17) is 5.73 Å². The van der Waals surface area contributed by atoms with E-state index in [-0.39, 0.29) is 28.8 Å². The van der Waals surface area contributed by atoms with E-state index >= 15 is 0 Å². The lowest BCUT2D eigenvalue weighted by Gasteiger charge is -2.42. The number of benzene rings is 1. The predicted molar refractivity (Wildman–Crippen MR) is 124 cm³/mol. The summed E-state index contributed by atoms with van der Waals surface area (Å²) in [5.41, 5.74) is 7.54. The summed E-state index contributed by atoms with van der Waals surface area (Å²) in [5.74, 6) is 0.402. The minimum atomic E-state index is -3.39. The highest BCUT2D eigenvalue weighted by molar-refractivity contribution is 7.95. The Morgan fingerprint density at radius 2 is 1.94 bits per heavy atom. The highest BCUT2D eigenvalue weighted by Gasteiger charge is 2.60. The molecule has 6 nitrogen and oxygen atoms in total. The molecule has 1 saturated heterocycles. The van der Waals surface area contributed by atoms with Crippen molar-refractivity contribution in [1.82, 2.24) is 9.62 Å². The van der Waals surface area contributed by atoms with E-state index in [1.54, 1.807) is 16.4 Å². The molecule has 1 amide bonds. The summed E-state index contributed by atoms with van der Waals surface area (Å²) in [7, 11) is -3.39. The number of hydrogen-bond donors (Lipinski definition) is 3. The first-order valence-electron chi connectivity index (χ1n) is 11.7. The number of rotatable bonds is 5. The second kappa shape index (κ2) is 7.94. The number of hydrogen-bond acceptors (Lipinski definition) is 3. The molecule has 0 spiro atoms. The first kappa shape index (κ1) is 22.9. The van der Waals surface area contributed by atoms with E-state index in [1.807, 2.05) is 19.9 Å². The van der Waals surface area contributed by atoms with Crippen molar-refractivity contribution in [1.29, 1.82) is 0 Å². The van der Waals surface area contributed by atoms with Gasteiger partial charge >= 0.3 is 10.4 Å². The van der Waals surface area contributed by atoms with Crippen LogP contribution in [0.1, 0.15) is 88.1 Å². The fourth-order valence-corrected chi connectivity index (χ4v) is 8.08. The average molecular weight is 449 g/mol. The van der Waals surface area contributed by atoms with Gasteiger partial charge in [0, 0.05) is 35.8 Å². The lowest BCUT2D eigenvalue weighted by molar-refractivity contribution is 0.0813. The number of nitrogens with zero attached hydrogens (tertiary/aromatic N) is 1. The standard InChI is InChI=1S/C24H37N3O3S/c1-16(2)19-9-8-17(14-20(19)31(29,30)27-12-6-5-7-13-27)21(28)26-22-23(3,4)18-10-11-24(22,25)15-18/h8-9,14,16,18,22H,5-7,10-13,15,25H2,1-4H3,(H-,26,28,29,30)/p+1/t18-,22?,24-/m1/s1. The van der Waals surface area contributed by atoms with Crippen LogP contribution in [-0.2, 0) is 14.6 Å². The summed E-state index contributed by atoms with van der Waals surface area (Å²) in [4.78, 5) is 13.7. The molecule has 0 radical (unpaired) electrons. The van der Waals surface area contributed by atoms with Gasteiger partial charge in [0.25, 0.3) is 5.91 Å². The first-order chi connectivity index (χ1) is 14.5. The normalized spacial score (nSPS) is 32.2. The predicted octanol–water partition coefficient (Wildman–Crippen LogP) is 4.18. The van der Waals surface area contributed by atoms with Crippen LogP contribution < -0.4 is 11.1 Å². The minimum Gasteiger partial charge on any atom is -0.347 e. The highest BCUT2D eigenvalue weighted by Crippen LogP contribution is 2.56. The van der Waals surface area contributed by atoms with Crippen molar-refractivity contribution >= 4 is 16.3 Å². The quantitative estimate of drug-likeness (QED) is 0.589. The van der Waals surface area contributed by atoms with Gasteiger partial charge in [-0.2, -0.15) is 4.55 Å². The largest absolute Gasteiger partial charge is 0.347 e. The Morgan fingerprint density at radius 1 is 1.26 bits per heavy atom. The summed E-state index contributed by atoms with van der Waals surface area (Å²) in [5, 5.41) is 3.21. The molecule has 2 bridgehead atoms. The molecule has 172 valence electrons.